The molecule has 0 saturated carbocycles. The summed E-state index contributed by atoms with van der Waals surface area (Å²) in [7, 11) is -4.40. The average molecular weight is 1040 g/mol. The van der Waals surface area contributed by atoms with E-state index in [1.807, 2.05) is 12.2 Å². The van der Waals surface area contributed by atoms with Gasteiger partial charge in [-0.3, -0.25) is 18.6 Å². The zero-order valence-corrected chi connectivity index (χ0v) is 48.0. The highest BCUT2D eigenvalue weighted by molar-refractivity contribution is 7.47. The van der Waals surface area contributed by atoms with E-state index in [-0.39, 0.29) is 32.6 Å². The molecule has 0 aliphatic heterocycles. The van der Waals surface area contributed by atoms with Gasteiger partial charge in [-0.25, -0.2) is 4.57 Å². The summed E-state index contributed by atoms with van der Waals surface area (Å²) in [6.07, 6.45) is 77.1. The van der Waals surface area contributed by atoms with Gasteiger partial charge in [-0.05, 0) is 77.0 Å². The molecular formula is C63H112NO8P. The molecule has 0 fully saturated rings. The van der Waals surface area contributed by atoms with Gasteiger partial charge in [0.05, 0.1) is 13.2 Å². The van der Waals surface area contributed by atoms with E-state index < -0.39 is 32.5 Å². The van der Waals surface area contributed by atoms with Crippen molar-refractivity contribution in [1.29, 1.82) is 0 Å². The van der Waals surface area contributed by atoms with Crippen LogP contribution in [0.4, 0.5) is 0 Å². The Morgan fingerprint density at radius 1 is 0.425 bits per heavy atom. The van der Waals surface area contributed by atoms with Crippen molar-refractivity contribution in [3.8, 4) is 0 Å². The molecule has 10 heteroatoms. The minimum absolute atomic E-state index is 0.0409. The molecule has 0 aliphatic rings. The summed E-state index contributed by atoms with van der Waals surface area (Å²) < 4.78 is 32.8. The standard InChI is InChI=1S/C63H112NO8P/c1-3-5-7-9-11-13-15-17-18-19-20-21-22-23-24-25-26-27-28-29-30-31-32-33-34-35-36-37-38-39-40-41-42-44-45-47-49-51-53-55-62(65)69-59-61(60-71-73(67,68)70-58-57-64)72-63(66)56-54-52-50-48-46-43-16-14-12-10-8-6-4-2/h6,8,12,14-15,17,19-20,22-23,43,46,50,52,61H,3-5,7,9-11,13,16,18,21,24-42,44-45,47-49,51,53-60,64H2,1-2H3,(H,67,68)/b8-6-,14-12-,17-15-,20-19-,23-22-,46-43-,52-50-. The van der Waals surface area contributed by atoms with Gasteiger partial charge in [-0.1, -0.05) is 266 Å². The first kappa shape index (κ1) is 70.2. The minimum atomic E-state index is -4.40. The van der Waals surface area contributed by atoms with Gasteiger partial charge in [-0.2, -0.15) is 0 Å². The molecule has 0 aromatic rings. The van der Waals surface area contributed by atoms with E-state index in [2.05, 4.69) is 86.8 Å². The summed E-state index contributed by atoms with van der Waals surface area (Å²) in [4.78, 5) is 35.0. The van der Waals surface area contributed by atoms with E-state index in [9.17, 15) is 19.0 Å². The molecule has 0 saturated heterocycles. The molecule has 0 radical (unpaired) electrons. The average Bonchev–Trinajstić information content (AvgIpc) is 3.38. The van der Waals surface area contributed by atoms with Crippen LogP contribution < -0.4 is 5.73 Å². The van der Waals surface area contributed by atoms with Crippen LogP contribution in [0.5, 0.6) is 0 Å². The largest absolute Gasteiger partial charge is 0.472 e. The first-order chi connectivity index (χ1) is 35.8. The smallest absolute Gasteiger partial charge is 0.462 e. The number of allylic oxidation sites excluding steroid dienone is 14. The molecule has 2 unspecified atom stereocenters. The van der Waals surface area contributed by atoms with Crippen LogP contribution in [0.2, 0.25) is 0 Å². The lowest BCUT2D eigenvalue weighted by Crippen LogP contribution is -2.29. The molecule has 0 aliphatic carbocycles. The lowest BCUT2D eigenvalue weighted by atomic mass is 10.0. The first-order valence-electron chi connectivity index (χ1n) is 30.1. The molecule has 9 nitrogen and oxygen atoms in total. The quantitative estimate of drug-likeness (QED) is 0.0264. The summed E-state index contributed by atoms with van der Waals surface area (Å²) in [5, 5.41) is 0. The summed E-state index contributed by atoms with van der Waals surface area (Å²) in [5.41, 5.74) is 5.36. The van der Waals surface area contributed by atoms with Crippen LogP contribution in [0.25, 0.3) is 0 Å². The summed E-state index contributed by atoms with van der Waals surface area (Å²) >= 11 is 0. The van der Waals surface area contributed by atoms with E-state index in [4.69, 9.17) is 24.3 Å². The summed E-state index contributed by atoms with van der Waals surface area (Å²) in [6.45, 7) is 3.54. The van der Waals surface area contributed by atoms with Crippen LogP contribution in [-0.4, -0.2) is 49.3 Å². The van der Waals surface area contributed by atoms with Gasteiger partial charge >= 0.3 is 19.8 Å². The molecule has 3 N–H and O–H groups in total. The number of hydrogen-bond acceptors (Lipinski definition) is 8. The van der Waals surface area contributed by atoms with Crippen LogP contribution in [0.1, 0.15) is 271 Å². The van der Waals surface area contributed by atoms with Crippen molar-refractivity contribution in [3.05, 3.63) is 85.1 Å². The number of nitrogens with two attached hydrogens (primary N) is 1. The second-order valence-corrected chi connectivity index (χ2v) is 21.3. The molecule has 0 heterocycles. The number of rotatable bonds is 56. The van der Waals surface area contributed by atoms with Crippen molar-refractivity contribution < 1.29 is 37.6 Å². The third-order valence-corrected chi connectivity index (χ3v) is 13.8. The Morgan fingerprint density at radius 3 is 1.18 bits per heavy atom. The van der Waals surface area contributed by atoms with Crippen LogP contribution in [0.15, 0.2) is 85.1 Å². The summed E-state index contributed by atoms with van der Waals surface area (Å²) in [6, 6.07) is 0. The van der Waals surface area contributed by atoms with Crippen molar-refractivity contribution in [2.24, 2.45) is 5.73 Å². The lowest BCUT2D eigenvalue weighted by Gasteiger charge is -2.19. The Bertz CT molecular complexity index is 1470. The van der Waals surface area contributed by atoms with E-state index >= 15 is 0 Å². The zero-order chi connectivity index (χ0) is 53.1. The Morgan fingerprint density at radius 2 is 0.781 bits per heavy atom. The number of esters is 2. The second-order valence-electron chi connectivity index (χ2n) is 19.8. The molecule has 2 atom stereocenters. The highest BCUT2D eigenvalue weighted by atomic mass is 31.2. The molecule has 0 aromatic carbocycles. The topological polar surface area (TPSA) is 134 Å². The molecule has 0 bridgehead atoms. The van der Waals surface area contributed by atoms with Gasteiger partial charge in [0.1, 0.15) is 6.61 Å². The highest BCUT2D eigenvalue weighted by Crippen LogP contribution is 2.43. The van der Waals surface area contributed by atoms with Gasteiger partial charge in [0.2, 0.25) is 0 Å². The van der Waals surface area contributed by atoms with E-state index in [0.29, 0.717) is 6.42 Å². The van der Waals surface area contributed by atoms with E-state index in [1.54, 1.807) is 0 Å². The number of phosphoric ester groups is 1. The maximum absolute atomic E-state index is 12.6. The number of hydrogen-bond donors (Lipinski definition) is 2. The SMILES string of the molecule is CC/C=C\C/C=C\C/C=C\C/C=C\CCC(=O)OC(COC(=O)CCCCCCCCCCCCCCCCCCCCCCCCCC/C=C\C/C=C\C/C=C\CCCCCCC)COP(=O)(O)OCCN. The normalized spacial score (nSPS) is 13.6. The molecule has 422 valence electrons. The fourth-order valence-corrected chi connectivity index (χ4v) is 9.13. The fourth-order valence-electron chi connectivity index (χ4n) is 8.36. The fraction of sp³-hybridized carbons (Fsp3) is 0.746. The van der Waals surface area contributed by atoms with Crippen molar-refractivity contribution >= 4 is 19.8 Å². The summed E-state index contributed by atoms with van der Waals surface area (Å²) in [5.74, 6) is -0.919. The van der Waals surface area contributed by atoms with Crippen LogP contribution in [-0.2, 0) is 32.7 Å². The number of carbonyl (C=O) groups excluding carboxylic acids is 2. The number of unbranched alkanes of at least 4 members (excludes halogenated alkanes) is 29. The van der Waals surface area contributed by atoms with Crippen molar-refractivity contribution in [1.82, 2.24) is 0 Å². The predicted octanol–water partition coefficient (Wildman–Crippen LogP) is 19.1. The van der Waals surface area contributed by atoms with Gasteiger partial charge in [0, 0.05) is 19.4 Å². The molecule has 73 heavy (non-hydrogen) atoms. The Balaban J connectivity index is 3.78. The lowest BCUT2D eigenvalue weighted by molar-refractivity contribution is -0.161. The van der Waals surface area contributed by atoms with Crippen molar-refractivity contribution in [2.75, 3.05) is 26.4 Å². The third-order valence-electron chi connectivity index (χ3n) is 12.8. The Kier molecular flexibility index (Phi) is 56.2. The first-order valence-corrected chi connectivity index (χ1v) is 31.6. The number of ether oxygens (including phenoxy) is 2. The molecular weight excluding hydrogens is 930 g/mol. The molecule has 0 amide bonds. The van der Waals surface area contributed by atoms with Crippen LogP contribution in [0, 0.1) is 0 Å². The Labute approximate surface area is 449 Å². The van der Waals surface area contributed by atoms with Gasteiger partial charge < -0.3 is 20.1 Å². The van der Waals surface area contributed by atoms with Crippen LogP contribution in [0.3, 0.4) is 0 Å². The van der Waals surface area contributed by atoms with E-state index in [1.165, 1.54) is 180 Å². The molecule has 0 rings (SSSR count). The minimum Gasteiger partial charge on any atom is -0.462 e. The van der Waals surface area contributed by atoms with Crippen molar-refractivity contribution in [3.63, 3.8) is 0 Å². The predicted molar refractivity (Wildman–Crippen MR) is 312 cm³/mol. The van der Waals surface area contributed by atoms with Crippen molar-refractivity contribution in [2.45, 2.75) is 277 Å². The number of phosphoric acid groups is 1. The van der Waals surface area contributed by atoms with E-state index in [0.717, 1.165) is 57.8 Å². The maximum Gasteiger partial charge on any atom is 0.472 e. The maximum atomic E-state index is 12.6. The van der Waals surface area contributed by atoms with Gasteiger partial charge in [0.25, 0.3) is 0 Å². The van der Waals surface area contributed by atoms with Gasteiger partial charge in [-0.15, -0.1) is 0 Å². The zero-order valence-electron chi connectivity index (χ0n) is 47.1. The van der Waals surface area contributed by atoms with Crippen LogP contribution >= 0.6 is 7.82 Å². The highest BCUT2D eigenvalue weighted by Gasteiger charge is 2.26. The monoisotopic (exact) mass is 1040 g/mol. The second kappa shape index (κ2) is 58.5. The Hall–Kier alpha value is -2.81. The molecule has 0 spiro atoms. The molecule has 0 aromatic heterocycles. The number of carbonyl (C=O) groups is 2. The third kappa shape index (κ3) is 58.3. The van der Waals surface area contributed by atoms with Gasteiger partial charge in [0.15, 0.2) is 6.10 Å².